The molecule has 0 unspecified atom stereocenters. The molecule has 2 rings (SSSR count). The molecule has 2 N–H and O–H groups in total. The normalized spacial score (nSPS) is 10.5. The molecule has 0 bridgehead atoms. The number of hydrogen-bond acceptors (Lipinski definition) is 8. The van der Waals surface area contributed by atoms with Gasteiger partial charge in [-0.2, -0.15) is 9.94 Å². The fourth-order valence-corrected chi connectivity index (χ4v) is 2.70. The van der Waals surface area contributed by atoms with Gasteiger partial charge in [-0.25, -0.2) is 4.98 Å². The average Bonchev–Trinajstić information content (AvgIpc) is 2.48. The summed E-state index contributed by atoms with van der Waals surface area (Å²) in [6, 6.07) is 3.88. The fraction of sp³-hybridized carbons (Fsp3) is 0.308. The van der Waals surface area contributed by atoms with Crippen LogP contribution in [-0.4, -0.2) is 27.0 Å². The average molecular weight is 318 g/mol. The van der Waals surface area contributed by atoms with E-state index in [2.05, 4.69) is 21.3 Å². The zero-order chi connectivity index (χ0) is 16.3. The van der Waals surface area contributed by atoms with Gasteiger partial charge in [0.05, 0.1) is 12.2 Å². The van der Waals surface area contributed by atoms with Gasteiger partial charge in [-0.15, -0.1) is 10.2 Å². The van der Waals surface area contributed by atoms with Crippen LogP contribution in [0.2, 0.25) is 0 Å². The van der Waals surface area contributed by atoms with Gasteiger partial charge in [0.1, 0.15) is 16.8 Å². The maximum atomic E-state index is 11.8. The van der Waals surface area contributed by atoms with Crippen LogP contribution in [-0.2, 0) is 11.3 Å². The molecule has 0 aliphatic rings. The summed E-state index contributed by atoms with van der Waals surface area (Å²) in [5.74, 6) is 5.70. The number of nitrogens with two attached hydrogens (primary N) is 1. The zero-order valence-electron chi connectivity index (χ0n) is 12.3. The first-order chi connectivity index (χ1) is 10.5. The first-order valence-electron chi connectivity index (χ1n) is 6.26. The van der Waals surface area contributed by atoms with Gasteiger partial charge in [-0.1, -0.05) is 0 Å². The van der Waals surface area contributed by atoms with Crippen LogP contribution in [0.4, 0.5) is 0 Å². The van der Waals surface area contributed by atoms with Crippen molar-refractivity contribution in [1.29, 1.82) is 5.26 Å². The molecule has 8 nitrogen and oxygen atoms in total. The first-order valence-corrected chi connectivity index (χ1v) is 7.08. The predicted molar refractivity (Wildman–Crippen MR) is 79.7 cm³/mol. The largest absolute Gasteiger partial charge is 0.380 e. The van der Waals surface area contributed by atoms with E-state index < -0.39 is 5.56 Å². The van der Waals surface area contributed by atoms with Crippen molar-refractivity contribution in [1.82, 2.24) is 19.9 Å². The van der Waals surface area contributed by atoms with Gasteiger partial charge in [0.15, 0.2) is 0 Å². The molecule has 2 aromatic rings. The molecular formula is C13H14N6O2S. The molecule has 0 atom stereocenters. The van der Waals surface area contributed by atoms with Crippen LogP contribution < -0.4 is 11.4 Å². The topological polar surface area (TPSA) is 120 Å². The van der Waals surface area contributed by atoms with E-state index in [-0.39, 0.29) is 17.5 Å². The van der Waals surface area contributed by atoms with Crippen LogP contribution >= 0.6 is 11.8 Å². The maximum Gasteiger partial charge on any atom is 0.294 e. The third-order valence-electron chi connectivity index (χ3n) is 2.82. The smallest absolute Gasteiger partial charge is 0.294 e. The monoisotopic (exact) mass is 318 g/mol. The van der Waals surface area contributed by atoms with E-state index >= 15 is 0 Å². The highest BCUT2D eigenvalue weighted by molar-refractivity contribution is 7.99. The number of aryl methyl sites for hydroxylation is 2. The molecule has 0 aliphatic heterocycles. The molecule has 2 heterocycles. The van der Waals surface area contributed by atoms with Crippen molar-refractivity contribution >= 4 is 11.8 Å². The summed E-state index contributed by atoms with van der Waals surface area (Å²) in [5, 5.41) is 17.6. The number of nitriles is 1. The first kappa shape index (κ1) is 15.9. The van der Waals surface area contributed by atoms with E-state index in [0.717, 1.165) is 22.1 Å². The molecule has 9 heteroatoms. The van der Waals surface area contributed by atoms with E-state index in [9.17, 15) is 10.1 Å². The Morgan fingerprint density at radius 1 is 1.45 bits per heavy atom. The lowest BCUT2D eigenvalue weighted by Gasteiger charge is -2.10. The van der Waals surface area contributed by atoms with Crippen LogP contribution in [0.5, 0.6) is 0 Å². The molecule has 0 saturated carbocycles. The summed E-state index contributed by atoms with van der Waals surface area (Å²) in [4.78, 5) is 16.1. The molecule has 22 heavy (non-hydrogen) atoms. The molecule has 0 aromatic carbocycles. The van der Waals surface area contributed by atoms with Gasteiger partial charge in [0.2, 0.25) is 5.16 Å². The summed E-state index contributed by atoms with van der Waals surface area (Å²) in [6.07, 6.45) is 0. The predicted octanol–water partition coefficient (Wildman–Crippen LogP) is 0.533. The summed E-state index contributed by atoms with van der Waals surface area (Å²) in [6.45, 7) is 3.62. The van der Waals surface area contributed by atoms with Gasteiger partial charge in [0, 0.05) is 18.4 Å². The Bertz CT molecular complexity index is 811. The number of methoxy groups -OCH3 is 1. The molecule has 0 amide bonds. The Hall–Kier alpha value is -2.44. The maximum absolute atomic E-state index is 11.8. The highest BCUT2D eigenvalue weighted by Gasteiger charge is 2.16. The van der Waals surface area contributed by atoms with E-state index in [1.165, 1.54) is 6.92 Å². The van der Waals surface area contributed by atoms with E-state index in [1.807, 2.05) is 0 Å². The second-order valence-corrected chi connectivity index (χ2v) is 5.45. The summed E-state index contributed by atoms with van der Waals surface area (Å²) < 4.78 is 5.99. The van der Waals surface area contributed by atoms with Gasteiger partial charge in [-0.05, 0) is 31.7 Å². The summed E-state index contributed by atoms with van der Waals surface area (Å²) in [5.41, 5.74) is 1.56. The Morgan fingerprint density at radius 2 is 2.18 bits per heavy atom. The van der Waals surface area contributed by atoms with Crippen LogP contribution in [0.25, 0.3) is 0 Å². The lowest BCUT2D eigenvalue weighted by Crippen LogP contribution is -2.32. The lowest BCUT2D eigenvalue weighted by molar-refractivity contribution is 0.184. The van der Waals surface area contributed by atoms with E-state index in [1.54, 1.807) is 20.1 Å². The second kappa shape index (κ2) is 6.55. The van der Waals surface area contributed by atoms with Crippen molar-refractivity contribution in [2.75, 3.05) is 13.0 Å². The van der Waals surface area contributed by atoms with Crippen LogP contribution in [0, 0.1) is 25.2 Å². The summed E-state index contributed by atoms with van der Waals surface area (Å²) >= 11 is 1.02. The van der Waals surface area contributed by atoms with Gasteiger partial charge in [-0.3, -0.25) is 4.79 Å². The molecule has 2 aromatic heterocycles. The van der Waals surface area contributed by atoms with Crippen LogP contribution in [0.1, 0.15) is 22.5 Å². The van der Waals surface area contributed by atoms with Crippen molar-refractivity contribution in [3.63, 3.8) is 0 Å². The number of aromatic nitrogens is 4. The minimum Gasteiger partial charge on any atom is -0.380 e. The van der Waals surface area contributed by atoms with E-state index in [0.29, 0.717) is 16.2 Å². The highest BCUT2D eigenvalue weighted by atomic mass is 32.2. The minimum atomic E-state index is -0.444. The van der Waals surface area contributed by atoms with Gasteiger partial charge < -0.3 is 10.6 Å². The second-order valence-electron chi connectivity index (χ2n) is 4.49. The number of pyridine rings is 1. The number of rotatable bonds is 4. The molecule has 0 fully saturated rings. The van der Waals surface area contributed by atoms with Crippen LogP contribution in [0.3, 0.4) is 0 Å². The third kappa shape index (κ3) is 3.08. The number of ether oxygens (including phenoxy) is 1. The van der Waals surface area contributed by atoms with Crippen molar-refractivity contribution in [2.24, 2.45) is 0 Å². The van der Waals surface area contributed by atoms with Crippen molar-refractivity contribution < 1.29 is 4.74 Å². The van der Waals surface area contributed by atoms with Crippen molar-refractivity contribution in [3.05, 3.63) is 38.9 Å². The molecule has 0 aliphatic carbocycles. The molecule has 0 spiro atoms. The zero-order valence-corrected chi connectivity index (χ0v) is 13.1. The Morgan fingerprint density at radius 3 is 2.82 bits per heavy atom. The molecule has 114 valence electrons. The summed E-state index contributed by atoms with van der Waals surface area (Å²) in [7, 11) is 1.55. The molecular weight excluding hydrogens is 304 g/mol. The standard InChI is InChI=1S/C13H14N6O2S/c1-7-4-9(6-21-3)10(5-14)11(16-7)22-13-18-17-8(2)12(20)19(13)15/h4H,6,15H2,1-3H3. The molecule has 0 saturated heterocycles. The Balaban J connectivity index is 2.52. The van der Waals surface area contributed by atoms with Crippen molar-refractivity contribution in [2.45, 2.75) is 30.6 Å². The number of hydrogen-bond donors (Lipinski definition) is 1. The number of nitrogen functional groups attached to an aromatic ring is 1. The number of nitrogens with zero attached hydrogens (tertiary/aromatic N) is 5. The van der Waals surface area contributed by atoms with E-state index in [4.69, 9.17) is 10.6 Å². The van der Waals surface area contributed by atoms with Crippen molar-refractivity contribution in [3.8, 4) is 6.07 Å². The molecule has 0 radical (unpaired) electrons. The third-order valence-corrected chi connectivity index (χ3v) is 3.77. The minimum absolute atomic E-state index is 0.161. The van der Waals surface area contributed by atoms with Gasteiger partial charge >= 0.3 is 0 Å². The fourth-order valence-electron chi connectivity index (χ4n) is 1.80. The van der Waals surface area contributed by atoms with Gasteiger partial charge in [0.25, 0.3) is 5.56 Å². The SMILES string of the molecule is COCc1cc(C)nc(Sc2nnc(C)c(=O)n2N)c1C#N. The lowest BCUT2D eigenvalue weighted by atomic mass is 10.1. The Labute approximate surface area is 130 Å². The van der Waals surface area contributed by atoms with Crippen LogP contribution in [0.15, 0.2) is 21.0 Å². The quantitative estimate of drug-likeness (QED) is 0.811. The highest BCUT2D eigenvalue weighted by Crippen LogP contribution is 2.28. The Kier molecular flexibility index (Phi) is 4.75.